The minimum atomic E-state index is -3.93. The normalized spacial score (nSPS) is 33.8. The first kappa shape index (κ1) is 38.1. The molecular weight excluding hydrogens is 725 g/mol. The second kappa shape index (κ2) is 14.3. The van der Waals surface area contributed by atoms with Crippen molar-refractivity contribution >= 4 is 27.1 Å². The maximum atomic E-state index is 14.7. The maximum absolute atomic E-state index is 14.7. The van der Waals surface area contributed by atoms with Crippen molar-refractivity contribution in [1.82, 2.24) is 4.31 Å². The number of sulfonamides is 1. The Balaban J connectivity index is 1.21. The lowest BCUT2D eigenvalue weighted by Crippen LogP contribution is -2.57. The van der Waals surface area contributed by atoms with Crippen molar-refractivity contribution in [2.45, 2.75) is 119 Å². The molecule has 1 heterocycles. The molecule has 0 saturated heterocycles. The smallest absolute Gasteiger partial charge is 0.252 e. The Morgan fingerprint density at radius 2 is 1.67 bits per heavy atom. The van der Waals surface area contributed by atoms with Crippen LogP contribution in [-0.4, -0.2) is 53.5 Å². The van der Waals surface area contributed by atoms with Crippen LogP contribution in [0.1, 0.15) is 124 Å². The molecule has 7 aliphatic carbocycles. The Bertz CT molecular complexity index is 2010. The first-order chi connectivity index (χ1) is 25.7. The van der Waals surface area contributed by atoms with Crippen LogP contribution in [0, 0.1) is 40.2 Å². The SMILES string of the molecule is CC1=CCCC2(C)C(CCC2(O)CN(CC23CC4CC(CC(C4)C2)C3)S(=O)(=O)c2cccs2)c2ccc(cc2C(=O)c2ccc(F)c(F)c2)CC(O)CC1. The Kier molecular flexibility index (Phi) is 10.1. The van der Waals surface area contributed by atoms with Crippen LogP contribution in [-0.2, 0) is 16.4 Å². The predicted molar refractivity (Wildman–Crippen MR) is 207 cm³/mol. The third kappa shape index (κ3) is 6.97. The molecule has 10 rings (SSSR count). The summed E-state index contributed by atoms with van der Waals surface area (Å²) >= 11 is 1.21. The van der Waals surface area contributed by atoms with Gasteiger partial charge < -0.3 is 10.2 Å². The highest BCUT2D eigenvalue weighted by Crippen LogP contribution is 2.62. The largest absolute Gasteiger partial charge is 0.393 e. The second-order valence-electron chi connectivity index (χ2n) is 18.0. The number of carbonyl (C=O) groups excluding carboxylic acids is 1. The van der Waals surface area contributed by atoms with Gasteiger partial charge in [0, 0.05) is 29.6 Å². The van der Waals surface area contributed by atoms with Gasteiger partial charge in [-0.1, -0.05) is 36.8 Å². The Morgan fingerprint density at radius 1 is 0.944 bits per heavy atom. The van der Waals surface area contributed by atoms with Gasteiger partial charge in [-0.15, -0.1) is 11.3 Å². The maximum Gasteiger partial charge on any atom is 0.252 e. The summed E-state index contributed by atoms with van der Waals surface area (Å²) in [6, 6.07) is 12.2. The van der Waals surface area contributed by atoms with Crippen LogP contribution >= 0.6 is 11.3 Å². The number of aliphatic hydroxyl groups is 2. The van der Waals surface area contributed by atoms with Gasteiger partial charge in [-0.25, -0.2) is 17.2 Å². The number of halogens is 2. The van der Waals surface area contributed by atoms with Crippen molar-refractivity contribution in [3.05, 3.63) is 99.4 Å². The molecule has 0 amide bonds. The van der Waals surface area contributed by atoms with Crippen molar-refractivity contribution in [3.8, 4) is 0 Å². The number of carbonyl (C=O) groups is 1. The fraction of sp³-hybridized carbons (Fsp3) is 0.568. The monoisotopic (exact) mass is 777 g/mol. The quantitative estimate of drug-likeness (QED) is 0.176. The number of thiophene rings is 1. The van der Waals surface area contributed by atoms with E-state index in [1.165, 1.54) is 36.7 Å². The number of hydrogen-bond acceptors (Lipinski definition) is 6. The highest BCUT2D eigenvalue weighted by molar-refractivity contribution is 7.91. The van der Waals surface area contributed by atoms with Gasteiger partial charge in [0.1, 0.15) is 4.21 Å². The molecule has 10 heteroatoms. The number of nitrogens with zero attached hydrogens (tertiary/aromatic N) is 1. The fourth-order valence-electron chi connectivity index (χ4n) is 11.9. The molecule has 4 atom stereocenters. The summed E-state index contributed by atoms with van der Waals surface area (Å²) in [6.07, 6.45) is 12.0. The summed E-state index contributed by atoms with van der Waals surface area (Å²) in [5, 5.41) is 26.0. The van der Waals surface area contributed by atoms with E-state index in [1.807, 2.05) is 12.1 Å². The number of fused-ring (bicyclic) bond motifs is 8. The zero-order valence-corrected chi connectivity index (χ0v) is 33.0. The van der Waals surface area contributed by atoms with Crippen molar-refractivity contribution in [2.75, 3.05) is 13.1 Å². The topological polar surface area (TPSA) is 94.9 Å². The van der Waals surface area contributed by atoms with Crippen molar-refractivity contribution in [2.24, 2.45) is 28.6 Å². The third-order valence-electron chi connectivity index (χ3n) is 14.3. The average molecular weight is 778 g/mol. The molecule has 7 aliphatic rings. The predicted octanol–water partition coefficient (Wildman–Crippen LogP) is 9.20. The molecule has 6 nitrogen and oxygen atoms in total. The standard InChI is InChI=1S/C44H53F2NO5S2/c1-28-5-3-14-42(2)37(35-11-8-29(20-34(48)10-7-28)21-36(35)41(49)33-9-12-38(45)39(46)22-33)13-15-44(42,50)27-47(54(51,52)40-6-4-16-53-40)26-43-23-30-17-31(24-43)19-32(18-30)25-43/h4-6,8-9,11-12,16,21-22,30-32,34,37,48,50H,3,7,10,13-15,17-20,23-27H2,1-2H3. The molecule has 2 N–H and O–H groups in total. The zero-order valence-electron chi connectivity index (χ0n) is 31.4. The number of aliphatic hydroxyl groups excluding tert-OH is 1. The van der Waals surface area contributed by atoms with E-state index in [2.05, 4.69) is 19.9 Å². The van der Waals surface area contributed by atoms with E-state index in [0.29, 0.717) is 80.4 Å². The van der Waals surface area contributed by atoms with Gasteiger partial charge in [0.2, 0.25) is 0 Å². The summed E-state index contributed by atoms with van der Waals surface area (Å²) in [7, 11) is -3.93. The van der Waals surface area contributed by atoms with Gasteiger partial charge >= 0.3 is 0 Å². The van der Waals surface area contributed by atoms with Crippen LogP contribution in [0.5, 0.6) is 0 Å². The lowest BCUT2D eigenvalue weighted by Gasteiger charge is -2.58. The van der Waals surface area contributed by atoms with Gasteiger partial charge in [-0.05, 0) is 166 Å². The first-order valence-electron chi connectivity index (χ1n) is 19.9. The second-order valence-corrected chi connectivity index (χ2v) is 21.1. The van der Waals surface area contributed by atoms with Crippen molar-refractivity contribution in [1.29, 1.82) is 0 Å². The van der Waals surface area contributed by atoms with E-state index < -0.39 is 44.6 Å². The molecule has 1 aromatic heterocycles. The number of hydrogen-bond donors (Lipinski definition) is 2. The van der Waals surface area contributed by atoms with Crippen LogP contribution < -0.4 is 0 Å². The molecule has 6 bridgehead atoms. The Labute approximate surface area is 322 Å². The third-order valence-corrected chi connectivity index (χ3v) is 17.5. The van der Waals surface area contributed by atoms with Gasteiger partial charge in [-0.3, -0.25) is 4.79 Å². The molecular formula is C44H53F2NO5S2. The highest BCUT2D eigenvalue weighted by atomic mass is 32.2. The molecule has 0 radical (unpaired) electrons. The molecule has 2 aromatic carbocycles. The first-order valence-corrected chi connectivity index (χ1v) is 22.2. The molecule has 0 aliphatic heterocycles. The van der Waals surface area contributed by atoms with E-state index in [4.69, 9.17) is 0 Å². The Hall–Kier alpha value is -2.76. The van der Waals surface area contributed by atoms with Gasteiger partial charge in [0.25, 0.3) is 10.0 Å². The number of rotatable bonds is 8. The molecule has 5 fully saturated rings. The van der Waals surface area contributed by atoms with Crippen LogP contribution in [0.4, 0.5) is 8.78 Å². The summed E-state index contributed by atoms with van der Waals surface area (Å²) in [5.74, 6) is -1.01. The van der Waals surface area contributed by atoms with Crippen LogP contribution in [0.15, 0.2) is 69.8 Å². The van der Waals surface area contributed by atoms with E-state index in [9.17, 15) is 32.2 Å². The average Bonchev–Trinajstić information content (AvgIpc) is 3.75. The van der Waals surface area contributed by atoms with Crippen LogP contribution in [0.3, 0.4) is 0 Å². The minimum absolute atomic E-state index is 0.0197. The molecule has 290 valence electrons. The van der Waals surface area contributed by atoms with Crippen LogP contribution in [0.2, 0.25) is 0 Å². The van der Waals surface area contributed by atoms with Crippen molar-refractivity contribution < 1.29 is 32.2 Å². The summed E-state index contributed by atoms with van der Waals surface area (Å²) in [4.78, 5) is 14.3. The number of allylic oxidation sites excluding steroid dienone is 2. The van der Waals surface area contributed by atoms with E-state index in [-0.39, 0.29) is 27.7 Å². The van der Waals surface area contributed by atoms with E-state index >= 15 is 0 Å². The summed E-state index contributed by atoms with van der Waals surface area (Å²) < 4.78 is 59.8. The summed E-state index contributed by atoms with van der Waals surface area (Å²) in [5.41, 5.74) is 0.588. The van der Waals surface area contributed by atoms with Gasteiger partial charge in [0.05, 0.1) is 11.7 Å². The fourth-order valence-corrected chi connectivity index (χ4v) is 14.7. The molecule has 0 spiro atoms. The van der Waals surface area contributed by atoms with Gasteiger partial charge in [0.15, 0.2) is 17.4 Å². The lowest BCUT2D eigenvalue weighted by atomic mass is 9.49. The number of ketones is 1. The van der Waals surface area contributed by atoms with E-state index in [1.54, 1.807) is 27.9 Å². The van der Waals surface area contributed by atoms with Crippen molar-refractivity contribution in [3.63, 3.8) is 0 Å². The minimum Gasteiger partial charge on any atom is -0.393 e. The van der Waals surface area contributed by atoms with Gasteiger partial charge in [-0.2, -0.15) is 4.31 Å². The zero-order chi connectivity index (χ0) is 38.0. The van der Waals surface area contributed by atoms with Crippen LogP contribution in [0.25, 0.3) is 0 Å². The number of benzene rings is 2. The van der Waals surface area contributed by atoms with E-state index in [0.717, 1.165) is 42.5 Å². The molecule has 54 heavy (non-hydrogen) atoms. The molecule has 5 saturated carbocycles. The summed E-state index contributed by atoms with van der Waals surface area (Å²) in [6.45, 7) is 4.48. The highest BCUT2D eigenvalue weighted by Gasteiger charge is 2.59. The molecule has 4 unspecified atom stereocenters. The lowest BCUT2D eigenvalue weighted by molar-refractivity contribution is -0.0920. The molecule has 3 aromatic rings. The Morgan fingerprint density at radius 3 is 2.33 bits per heavy atom.